The van der Waals surface area contributed by atoms with Crippen LogP contribution < -0.4 is 10.6 Å². The topological polar surface area (TPSA) is 63.5 Å². The highest BCUT2D eigenvalue weighted by molar-refractivity contribution is 5.79. The first kappa shape index (κ1) is 15.5. The van der Waals surface area contributed by atoms with Crippen LogP contribution in [-0.4, -0.2) is 48.4 Å². The highest BCUT2D eigenvalue weighted by Crippen LogP contribution is 1.91. The van der Waals surface area contributed by atoms with E-state index in [1.54, 1.807) is 6.20 Å². The van der Waals surface area contributed by atoms with Crippen molar-refractivity contribution in [2.45, 2.75) is 26.8 Å². The van der Waals surface area contributed by atoms with Gasteiger partial charge in [0.05, 0.1) is 12.9 Å². The van der Waals surface area contributed by atoms with Crippen LogP contribution in [-0.2, 0) is 11.3 Å². The van der Waals surface area contributed by atoms with E-state index in [1.807, 2.05) is 19.4 Å². The maximum absolute atomic E-state index is 5.28. The fourth-order valence-corrected chi connectivity index (χ4v) is 1.59. The third kappa shape index (κ3) is 7.46. The molecule has 0 aliphatic rings. The summed E-state index contributed by atoms with van der Waals surface area (Å²) in [5, 5.41) is 6.46. The summed E-state index contributed by atoms with van der Waals surface area (Å²) in [6, 6.07) is 0. The van der Waals surface area contributed by atoms with Crippen molar-refractivity contribution in [2.24, 2.45) is 4.99 Å². The van der Waals surface area contributed by atoms with Gasteiger partial charge in [0.25, 0.3) is 0 Å². The number of guanidine groups is 1. The highest BCUT2D eigenvalue weighted by atomic mass is 16.5. The first-order chi connectivity index (χ1) is 9.36. The van der Waals surface area contributed by atoms with Crippen LogP contribution >= 0.6 is 0 Å². The van der Waals surface area contributed by atoms with Crippen LogP contribution in [0.15, 0.2) is 23.7 Å². The van der Waals surface area contributed by atoms with Crippen LogP contribution in [0.2, 0.25) is 0 Å². The smallest absolute Gasteiger partial charge is 0.191 e. The summed E-state index contributed by atoms with van der Waals surface area (Å²) in [4.78, 5) is 8.53. The van der Waals surface area contributed by atoms with E-state index < -0.39 is 0 Å². The first-order valence-electron chi connectivity index (χ1n) is 6.92. The van der Waals surface area contributed by atoms with Crippen LogP contribution in [0, 0.1) is 0 Å². The van der Waals surface area contributed by atoms with Crippen LogP contribution in [0.5, 0.6) is 0 Å². The van der Waals surface area contributed by atoms with Crippen molar-refractivity contribution >= 4 is 5.96 Å². The van der Waals surface area contributed by atoms with Gasteiger partial charge in [-0.1, -0.05) is 0 Å². The standard InChI is InChI=1S/C13H25N5O/c1-3-15-13(17-8-11-19-4-2)16-6-5-9-18-10-7-14-12-18/h7,10,12H,3-6,8-9,11H2,1-2H3,(H2,15,16,17). The molecule has 6 nitrogen and oxygen atoms in total. The van der Waals surface area contributed by atoms with Crippen molar-refractivity contribution in [1.29, 1.82) is 0 Å². The molecule has 1 rings (SSSR count). The number of aromatic nitrogens is 2. The van der Waals surface area contributed by atoms with Gasteiger partial charge in [0.2, 0.25) is 0 Å². The van der Waals surface area contributed by atoms with Gasteiger partial charge in [0, 0.05) is 45.2 Å². The Labute approximate surface area is 115 Å². The molecule has 0 saturated heterocycles. The van der Waals surface area contributed by atoms with Crippen molar-refractivity contribution < 1.29 is 4.74 Å². The molecule has 0 unspecified atom stereocenters. The van der Waals surface area contributed by atoms with Gasteiger partial charge in [0.1, 0.15) is 0 Å². The lowest BCUT2D eigenvalue weighted by Gasteiger charge is -2.11. The Morgan fingerprint density at radius 3 is 2.95 bits per heavy atom. The number of aliphatic imine (C=N–C) groups is 1. The van der Waals surface area contributed by atoms with E-state index >= 15 is 0 Å². The Morgan fingerprint density at radius 1 is 1.37 bits per heavy atom. The molecule has 1 heterocycles. The second-order valence-electron chi connectivity index (χ2n) is 4.04. The van der Waals surface area contributed by atoms with Gasteiger partial charge < -0.3 is 19.9 Å². The molecule has 6 heteroatoms. The summed E-state index contributed by atoms with van der Waals surface area (Å²) in [5.74, 6) is 0.854. The van der Waals surface area contributed by atoms with E-state index in [2.05, 4.69) is 32.1 Å². The molecule has 0 aliphatic carbocycles. The zero-order valence-electron chi connectivity index (χ0n) is 11.9. The zero-order chi connectivity index (χ0) is 13.8. The Kier molecular flexibility index (Phi) is 8.46. The van der Waals surface area contributed by atoms with Crippen LogP contribution in [0.4, 0.5) is 0 Å². The summed E-state index contributed by atoms with van der Waals surface area (Å²) in [7, 11) is 0. The number of ether oxygens (including phenoxy) is 1. The van der Waals surface area contributed by atoms with Crippen molar-refractivity contribution in [1.82, 2.24) is 20.2 Å². The lowest BCUT2D eigenvalue weighted by molar-refractivity contribution is 0.152. The summed E-state index contributed by atoms with van der Waals surface area (Å²) in [5.41, 5.74) is 0. The fourth-order valence-electron chi connectivity index (χ4n) is 1.59. The maximum atomic E-state index is 5.28. The minimum absolute atomic E-state index is 0.704. The molecule has 108 valence electrons. The second-order valence-corrected chi connectivity index (χ2v) is 4.04. The average molecular weight is 267 g/mol. The Morgan fingerprint density at radius 2 is 2.26 bits per heavy atom. The van der Waals surface area contributed by atoms with E-state index in [9.17, 15) is 0 Å². The van der Waals surface area contributed by atoms with E-state index in [0.717, 1.165) is 45.2 Å². The molecule has 1 aromatic rings. The molecule has 0 fully saturated rings. The summed E-state index contributed by atoms with van der Waals surface area (Å²) < 4.78 is 7.34. The van der Waals surface area contributed by atoms with Crippen LogP contribution in [0.25, 0.3) is 0 Å². The lowest BCUT2D eigenvalue weighted by atomic mass is 10.4. The minimum atomic E-state index is 0.704. The molecule has 0 saturated carbocycles. The van der Waals surface area contributed by atoms with Crippen LogP contribution in [0.3, 0.4) is 0 Å². The van der Waals surface area contributed by atoms with Gasteiger partial charge in [0.15, 0.2) is 5.96 Å². The minimum Gasteiger partial charge on any atom is -0.380 e. The number of nitrogens with zero attached hydrogens (tertiary/aromatic N) is 3. The molecule has 19 heavy (non-hydrogen) atoms. The number of aryl methyl sites for hydroxylation is 1. The third-order valence-corrected chi connectivity index (χ3v) is 2.49. The molecule has 0 aliphatic heterocycles. The third-order valence-electron chi connectivity index (χ3n) is 2.49. The Hall–Kier alpha value is -1.56. The quantitative estimate of drug-likeness (QED) is 0.396. The number of hydrogen-bond donors (Lipinski definition) is 2. The number of rotatable bonds is 9. The van der Waals surface area contributed by atoms with Gasteiger partial charge in [-0.3, -0.25) is 4.99 Å². The molecular formula is C13H25N5O. The van der Waals surface area contributed by atoms with E-state index in [0.29, 0.717) is 6.61 Å². The lowest BCUT2D eigenvalue weighted by Crippen LogP contribution is -2.39. The molecular weight excluding hydrogens is 242 g/mol. The fraction of sp³-hybridized carbons (Fsp3) is 0.692. The summed E-state index contributed by atoms with van der Waals surface area (Å²) >= 11 is 0. The van der Waals surface area contributed by atoms with Crippen molar-refractivity contribution in [3.63, 3.8) is 0 Å². The van der Waals surface area contributed by atoms with Gasteiger partial charge in [-0.2, -0.15) is 0 Å². The van der Waals surface area contributed by atoms with Gasteiger partial charge in [-0.15, -0.1) is 0 Å². The van der Waals surface area contributed by atoms with Gasteiger partial charge >= 0.3 is 0 Å². The Bertz CT molecular complexity index is 337. The van der Waals surface area contributed by atoms with Crippen molar-refractivity contribution in [3.8, 4) is 0 Å². The molecule has 0 radical (unpaired) electrons. The van der Waals surface area contributed by atoms with Gasteiger partial charge in [-0.05, 0) is 20.3 Å². The predicted molar refractivity (Wildman–Crippen MR) is 77.3 cm³/mol. The second kappa shape index (κ2) is 10.4. The van der Waals surface area contributed by atoms with Gasteiger partial charge in [-0.25, -0.2) is 4.98 Å². The average Bonchev–Trinajstić information content (AvgIpc) is 2.92. The monoisotopic (exact) mass is 267 g/mol. The van der Waals surface area contributed by atoms with Crippen LogP contribution in [0.1, 0.15) is 20.3 Å². The molecule has 0 bridgehead atoms. The first-order valence-corrected chi connectivity index (χ1v) is 6.92. The number of hydrogen-bond acceptors (Lipinski definition) is 3. The normalized spacial score (nSPS) is 11.6. The molecule has 0 atom stereocenters. The molecule has 0 aromatic carbocycles. The van der Waals surface area contributed by atoms with E-state index in [1.165, 1.54) is 0 Å². The molecule has 2 N–H and O–H groups in total. The SMILES string of the molecule is CCNC(=NCCCn1ccnc1)NCCOCC. The number of nitrogens with one attached hydrogen (secondary N) is 2. The van der Waals surface area contributed by atoms with E-state index in [4.69, 9.17) is 4.74 Å². The molecule has 0 spiro atoms. The highest BCUT2D eigenvalue weighted by Gasteiger charge is 1.96. The predicted octanol–water partition coefficient (Wildman–Crippen LogP) is 0.865. The Balaban J connectivity index is 2.19. The maximum Gasteiger partial charge on any atom is 0.191 e. The zero-order valence-corrected chi connectivity index (χ0v) is 11.9. The largest absolute Gasteiger partial charge is 0.380 e. The molecule has 0 amide bonds. The molecule has 1 aromatic heterocycles. The van der Waals surface area contributed by atoms with Crippen molar-refractivity contribution in [2.75, 3.05) is 32.8 Å². The van der Waals surface area contributed by atoms with Crippen molar-refractivity contribution in [3.05, 3.63) is 18.7 Å². The summed E-state index contributed by atoms with van der Waals surface area (Å²) in [6.45, 7) is 8.89. The van der Waals surface area contributed by atoms with E-state index in [-0.39, 0.29) is 0 Å². The number of imidazole rings is 1. The summed E-state index contributed by atoms with van der Waals surface area (Å²) in [6.07, 6.45) is 6.59.